The third-order valence-corrected chi connectivity index (χ3v) is 8.71. The van der Waals surface area contributed by atoms with Crippen molar-refractivity contribution < 1.29 is 4.79 Å². The van der Waals surface area contributed by atoms with Gasteiger partial charge in [0.25, 0.3) is 11.5 Å². The number of unbranched alkanes of at least 4 members (excludes halogenated alkanes) is 5. The summed E-state index contributed by atoms with van der Waals surface area (Å²) in [4.78, 5) is 33.8. The predicted octanol–water partition coefficient (Wildman–Crippen LogP) is 5.14. The highest BCUT2D eigenvalue weighted by Crippen LogP contribution is 2.36. The molecule has 0 aliphatic carbocycles. The van der Waals surface area contributed by atoms with Crippen LogP contribution < -0.4 is 10.5 Å². The lowest BCUT2D eigenvalue weighted by Gasteiger charge is -2.37. The first-order valence-corrected chi connectivity index (χ1v) is 15.0. The molecule has 3 heterocycles. The maximum atomic E-state index is 13.4. The topological polar surface area (TPSA) is 72.6 Å². The van der Waals surface area contributed by atoms with Crippen LogP contribution >= 0.6 is 24.0 Å². The van der Waals surface area contributed by atoms with Gasteiger partial charge in [-0.05, 0) is 37.9 Å². The van der Waals surface area contributed by atoms with Crippen LogP contribution in [-0.2, 0) is 11.3 Å². The van der Waals surface area contributed by atoms with Gasteiger partial charge in [-0.3, -0.25) is 19.1 Å². The number of carbonyl (C=O) groups is 1. The number of likely N-dealkylation sites (N-methyl/N-ethyl adjacent to an activating group) is 1. The Morgan fingerprint density at radius 3 is 2.27 bits per heavy atom. The van der Waals surface area contributed by atoms with Gasteiger partial charge < -0.3 is 9.80 Å². The number of pyridine rings is 1. The molecule has 1 aromatic heterocycles. The average molecular weight is 544 g/mol. The Balaban J connectivity index is 2.03. The summed E-state index contributed by atoms with van der Waals surface area (Å²) in [6.07, 6.45) is 9.26. The minimum Gasteiger partial charge on any atom is -0.355 e. The van der Waals surface area contributed by atoms with Crippen molar-refractivity contribution in [2.45, 2.75) is 79.2 Å². The third kappa shape index (κ3) is 6.84. The summed E-state index contributed by atoms with van der Waals surface area (Å²) in [6.45, 7) is 13.9. The van der Waals surface area contributed by atoms with Gasteiger partial charge in [0.05, 0.1) is 4.91 Å². The maximum absolute atomic E-state index is 13.4. The second-order valence-corrected chi connectivity index (χ2v) is 11.5. The van der Waals surface area contributed by atoms with Gasteiger partial charge in [-0.1, -0.05) is 76.9 Å². The number of nitriles is 1. The molecular weight excluding hydrogens is 502 g/mol. The molecule has 2 saturated heterocycles. The van der Waals surface area contributed by atoms with Gasteiger partial charge in [-0.2, -0.15) is 5.26 Å². The zero-order chi connectivity index (χ0) is 26.9. The minimum absolute atomic E-state index is 0.0727. The fourth-order valence-corrected chi connectivity index (χ4v) is 6.27. The lowest BCUT2D eigenvalue weighted by molar-refractivity contribution is -0.122. The Bertz CT molecular complexity index is 1110. The van der Waals surface area contributed by atoms with Crippen molar-refractivity contribution in [3.63, 3.8) is 0 Å². The third-order valence-electron chi connectivity index (χ3n) is 7.34. The molecule has 2 aliphatic rings. The lowest BCUT2D eigenvalue weighted by Crippen LogP contribution is -2.48. The van der Waals surface area contributed by atoms with Gasteiger partial charge in [-0.25, -0.2) is 0 Å². The fraction of sp³-hybridized carbons (Fsp3) is 0.643. The summed E-state index contributed by atoms with van der Waals surface area (Å²) < 4.78 is 2.36. The van der Waals surface area contributed by atoms with Crippen LogP contribution in [0.5, 0.6) is 0 Å². The smallest absolute Gasteiger partial charge is 0.270 e. The van der Waals surface area contributed by atoms with E-state index in [-0.39, 0.29) is 17.0 Å². The van der Waals surface area contributed by atoms with Crippen LogP contribution in [0.1, 0.15) is 82.4 Å². The van der Waals surface area contributed by atoms with E-state index in [9.17, 15) is 14.9 Å². The highest BCUT2D eigenvalue weighted by Gasteiger charge is 2.33. The number of thioether (sulfide) groups is 1. The number of carbonyl (C=O) groups excluding carboxylic acids is 1. The number of nitrogens with zero attached hydrogens (tertiary/aromatic N) is 5. The first-order valence-electron chi connectivity index (χ1n) is 13.8. The van der Waals surface area contributed by atoms with Crippen molar-refractivity contribution in [2.24, 2.45) is 0 Å². The van der Waals surface area contributed by atoms with E-state index in [4.69, 9.17) is 12.2 Å². The zero-order valence-corrected chi connectivity index (χ0v) is 24.5. The SMILES string of the molecule is CCCCCCCN1C(=O)C(=Cc2c(C)c(C#N)c(=O)n(CCCC)c2N2CCN(CC)CC2)SC1=S. The van der Waals surface area contributed by atoms with E-state index in [1.165, 1.54) is 31.0 Å². The van der Waals surface area contributed by atoms with Crippen LogP contribution in [0, 0.1) is 18.3 Å². The fourth-order valence-electron chi connectivity index (χ4n) is 4.98. The minimum atomic E-state index is -0.238. The number of thiocarbonyl (C=S) groups is 1. The molecule has 0 unspecified atom stereocenters. The Hall–Kier alpha value is -2.15. The number of aromatic nitrogens is 1. The molecule has 0 saturated carbocycles. The standard InChI is InChI=1S/C28H41N5O2S2/c1-5-8-10-11-12-14-33-27(35)24(37-28(33)36)19-22-21(4)23(20-29)26(34)32(13-9-6-2)25(22)31-17-15-30(7-3)16-18-31/h19H,5-18H2,1-4H3. The molecule has 202 valence electrons. The molecule has 0 radical (unpaired) electrons. The summed E-state index contributed by atoms with van der Waals surface area (Å²) in [5.74, 6) is 0.756. The Morgan fingerprint density at radius 2 is 1.65 bits per heavy atom. The van der Waals surface area contributed by atoms with Crippen molar-refractivity contribution in [3.05, 3.63) is 31.9 Å². The summed E-state index contributed by atoms with van der Waals surface area (Å²) >= 11 is 6.91. The van der Waals surface area contributed by atoms with Crippen LogP contribution in [0.15, 0.2) is 9.70 Å². The average Bonchev–Trinajstić information content (AvgIpc) is 3.17. The lowest BCUT2D eigenvalue weighted by atomic mass is 10.0. The molecular formula is C28H41N5O2S2. The normalized spacial score (nSPS) is 17.8. The van der Waals surface area contributed by atoms with Crippen molar-refractivity contribution in [1.29, 1.82) is 5.26 Å². The van der Waals surface area contributed by atoms with E-state index < -0.39 is 0 Å². The van der Waals surface area contributed by atoms with Crippen molar-refractivity contribution in [2.75, 3.05) is 44.2 Å². The number of rotatable bonds is 12. The first-order chi connectivity index (χ1) is 17.9. The number of amides is 1. The Kier molecular flexibility index (Phi) is 11.2. The summed E-state index contributed by atoms with van der Waals surface area (Å²) in [5, 5.41) is 9.89. The molecule has 1 aromatic rings. The zero-order valence-electron chi connectivity index (χ0n) is 22.8. The molecule has 37 heavy (non-hydrogen) atoms. The van der Waals surface area contributed by atoms with Gasteiger partial charge >= 0.3 is 0 Å². The molecule has 7 nitrogen and oxygen atoms in total. The molecule has 0 aromatic carbocycles. The quantitative estimate of drug-likeness (QED) is 0.205. The highest BCUT2D eigenvalue weighted by molar-refractivity contribution is 8.26. The molecule has 3 rings (SSSR count). The molecule has 0 bridgehead atoms. The number of hydrogen-bond acceptors (Lipinski definition) is 7. The first kappa shape index (κ1) is 29.4. The van der Waals surface area contributed by atoms with Gasteiger partial charge in [0.1, 0.15) is 21.8 Å². The van der Waals surface area contributed by atoms with Gasteiger partial charge in [0.2, 0.25) is 0 Å². The number of hydrogen-bond donors (Lipinski definition) is 0. The van der Waals surface area contributed by atoms with Crippen molar-refractivity contribution >= 4 is 46.1 Å². The molecule has 0 atom stereocenters. The molecule has 2 aliphatic heterocycles. The summed E-state index contributed by atoms with van der Waals surface area (Å²) in [6, 6.07) is 2.15. The van der Waals surface area contributed by atoms with E-state index in [1.54, 1.807) is 9.47 Å². The largest absolute Gasteiger partial charge is 0.355 e. The van der Waals surface area contributed by atoms with Crippen LogP contribution in [0.2, 0.25) is 0 Å². The molecule has 9 heteroatoms. The van der Waals surface area contributed by atoms with Crippen LogP contribution in [0.4, 0.5) is 5.82 Å². The van der Waals surface area contributed by atoms with E-state index >= 15 is 0 Å². The van der Waals surface area contributed by atoms with E-state index in [0.29, 0.717) is 27.9 Å². The molecule has 0 spiro atoms. The highest BCUT2D eigenvalue weighted by atomic mass is 32.2. The van der Waals surface area contributed by atoms with E-state index in [0.717, 1.165) is 69.8 Å². The van der Waals surface area contributed by atoms with Gasteiger partial charge in [0.15, 0.2) is 0 Å². The van der Waals surface area contributed by atoms with Crippen molar-refractivity contribution in [1.82, 2.24) is 14.4 Å². The molecule has 1 amide bonds. The number of anilines is 1. The maximum Gasteiger partial charge on any atom is 0.270 e. The van der Waals surface area contributed by atoms with Crippen LogP contribution in [0.25, 0.3) is 6.08 Å². The predicted molar refractivity (Wildman–Crippen MR) is 158 cm³/mol. The molecule has 0 N–H and O–H groups in total. The molecule has 2 fully saturated rings. The second-order valence-electron chi connectivity index (χ2n) is 9.83. The monoisotopic (exact) mass is 543 g/mol. The Labute approximate surface area is 231 Å². The van der Waals surface area contributed by atoms with E-state index in [1.807, 2.05) is 13.0 Å². The van der Waals surface area contributed by atoms with E-state index in [2.05, 4.69) is 36.6 Å². The summed E-state index contributed by atoms with van der Waals surface area (Å²) in [5.41, 5.74) is 1.35. The Morgan fingerprint density at radius 1 is 0.973 bits per heavy atom. The van der Waals surface area contributed by atoms with Gasteiger partial charge in [-0.15, -0.1) is 0 Å². The summed E-state index contributed by atoms with van der Waals surface area (Å²) in [7, 11) is 0. The van der Waals surface area contributed by atoms with Crippen LogP contribution in [-0.4, -0.2) is 63.9 Å². The number of piperazine rings is 1. The second kappa shape index (κ2) is 14.1. The van der Waals surface area contributed by atoms with Gasteiger partial charge in [0, 0.05) is 44.8 Å². The van der Waals surface area contributed by atoms with Crippen molar-refractivity contribution in [3.8, 4) is 6.07 Å². The van der Waals surface area contributed by atoms with Crippen LogP contribution in [0.3, 0.4) is 0 Å².